The fourth-order valence-electron chi connectivity index (χ4n) is 2.00. The number of carboxylic acids is 1. The van der Waals surface area contributed by atoms with E-state index in [0.29, 0.717) is 10.5 Å². The summed E-state index contributed by atoms with van der Waals surface area (Å²) in [5.41, 5.74) is 0.612. The minimum Gasteiger partial charge on any atom is -0.476 e. The van der Waals surface area contributed by atoms with Gasteiger partial charge in [-0.15, -0.1) is 0 Å². The van der Waals surface area contributed by atoms with Gasteiger partial charge in [0.2, 0.25) is 0 Å². The number of nitrogens with one attached hydrogen (secondary N) is 1. The molecule has 3 heterocycles. The first-order valence-electron chi connectivity index (χ1n) is 5.28. The summed E-state index contributed by atoms with van der Waals surface area (Å²) in [6.07, 6.45) is 1.77. The zero-order valence-electron chi connectivity index (χ0n) is 8.85. The third-order valence-corrected chi connectivity index (χ3v) is 3.22. The normalized spacial score (nSPS) is 16.1. The van der Waals surface area contributed by atoms with Crippen LogP contribution in [0.15, 0.2) is 18.3 Å². The summed E-state index contributed by atoms with van der Waals surface area (Å²) in [5.74, 6) is 0.0351. The van der Waals surface area contributed by atoms with Gasteiger partial charge in [-0.1, -0.05) is 11.6 Å². The molecule has 0 saturated carbocycles. The lowest BCUT2D eigenvalue weighted by atomic mass is 10.0. The summed E-state index contributed by atoms with van der Waals surface area (Å²) >= 11 is 5.89. The number of halogens is 1. The highest BCUT2D eigenvalue weighted by Gasteiger charge is 2.26. The Morgan fingerprint density at radius 2 is 2.35 bits per heavy atom. The number of aromatic carboxylic acids is 1. The van der Waals surface area contributed by atoms with Gasteiger partial charge in [-0.2, -0.15) is 0 Å². The van der Waals surface area contributed by atoms with Crippen LogP contribution in [-0.2, 0) is 0 Å². The van der Waals surface area contributed by atoms with Crippen LogP contribution in [0.3, 0.4) is 0 Å². The number of carbonyl (C=O) groups is 1. The maximum atomic E-state index is 11.1. The molecule has 17 heavy (non-hydrogen) atoms. The Labute approximate surface area is 102 Å². The molecule has 88 valence electrons. The van der Waals surface area contributed by atoms with E-state index in [1.165, 1.54) is 0 Å². The third kappa shape index (κ3) is 1.59. The highest BCUT2D eigenvalue weighted by atomic mass is 35.5. The molecule has 0 unspecified atom stereocenters. The van der Waals surface area contributed by atoms with E-state index in [1.54, 1.807) is 22.7 Å². The van der Waals surface area contributed by atoms with Crippen molar-refractivity contribution < 1.29 is 9.90 Å². The Morgan fingerprint density at radius 1 is 1.59 bits per heavy atom. The highest BCUT2D eigenvalue weighted by Crippen LogP contribution is 2.24. The van der Waals surface area contributed by atoms with E-state index in [1.807, 2.05) is 0 Å². The van der Waals surface area contributed by atoms with Crippen LogP contribution in [0.25, 0.3) is 5.52 Å². The van der Waals surface area contributed by atoms with Gasteiger partial charge in [0.25, 0.3) is 0 Å². The monoisotopic (exact) mass is 251 g/mol. The molecule has 3 rings (SSSR count). The molecule has 2 aromatic heterocycles. The molecular weight excluding hydrogens is 242 g/mol. The zero-order chi connectivity index (χ0) is 12.0. The Balaban J connectivity index is 2.26. The van der Waals surface area contributed by atoms with Gasteiger partial charge in [0.1, 0.15) is 5.82 Å². The SMILES string of the molecule is O=C(O)c1nc(C2CNC2)n2ccc(Cl)cc12. The largest absolute Gasteiger partial charge is 0.476 e. The molecule has 1 aliphatic heterocycles. The van der Waals surface area contributed by atoms with Crippen molar-refractivity contribution in [3.63, 3.8) is 0 Å². The average Bonchev–Trinajstić information content (AvgIpc) is 2.54. The molecule has 0 spiro atoms. The fourth-order valence-corrected chi connectivity index (χ4v) is 2.16. The predicted molar refractivity (Wildman–Crippen MR) is 62.8 cm³/mol. The van der Waals surface area contributed by atoms with Gasteiger partial charge >= 0.3 is 5.97 Å². The van der Waals surface area contributed by atoms with E-state index in [0.717, 1.165) is 18.9 Å². The van der Waals surface area contributed by atoms with Gasteiger partial charge in [-0.25, -0.2) is 9.78 Å². The second-order valence-electron chi connectivity index (χ2n) is 4.08. The van der Waals surface area contributed by atoms with Gasteiger partial charge in [0.05, 0.1) is 5.52 Å². The van der Waals surface area contributed by atoms with Crippen LogP contribution >= 0.6 is 11.6 Å². The second-order valence-corrected chi connectivity index (χ2v) is 4.52. The van der Waals surface area contributed by atoms with E-state index < -0.39 is 5.97 Å². The number of carboxylic acid groups (broad SMARTS) is 1. The van der Waals surface area contributed by atoms with Crippen molar-refractivity contribution in [1.82, 2.24) is 14.7 Å². The highest BCUT2D eigenvalue weighted by molar-refractivity contribution is 6.31. The van der Waals surface area contributed by atoms with E-state index in [2.05, 4.69) is 10.3 Å². The minimum atomic E-state index is -1.02. The van der Waals surface area contributed by atoms with Gasteiger partial charge in [-0.3, -0.25) is 0 Å². The average molecular weight is 252 g/mol. The number of fused-ring (bicyclic) bond motifs is 1. The lowest BCUT2D eigenvalue weighted by Gasteiger charge is -2.25. The number of hydrogen-bond donors (Lipinski definition) is 2. The van der Waals surface area contributed by atoms with Crippen LogP contribution in [0.5, 0.6) is 0 Å². The Morgan fingerprint density at radius 3 is 2.94 bits per heavy atom. The zero-order valence-corrected chi connectivity index (χ0v) is 9.61. The third-order valence-electron chi connectivity index (χ3n) is 2.98. The molecule has 0 amide bonds. The number of aromatic nitrogens is 2. The fraction of sp³-hybridized carbons (Fsp3) is 0.273. The summed E-state index contributed by atoms with van der Waals surface area (Å²) in [4.78, 5) is 15.4. The molecule has 5 nitrogen and oxygen atoms in total. The van der Waals surface area contributed by atoms with E-state index in [4.69, 9.17) is 16.7 Å². The quantitative estimate of drug-likeness (QED) is 0.846. The van der Waals surface area contributed by atoms with Crippen LogP contribution in [0, 0.1) is 0 Å². The summed E-state index contributed by atoms with van der Waals surface area (Å²) in [5, 5.41) is 12.8. The molecule has 1 aliphatic rings. The van der Waals surface area contributed by atoms with Crippen LogP contribution in [0.4, 0.5) is 0 Å². The molecule has 6 heteroatoms. The molecule has 0 atom stereocenters. The summed E-state index contributed by atoms with van der Waals surface area (Å²) in [6, 6.07) is 3.37. The van der Waals surface area contributed by atoms with Crippen molar-refractivity contribution in [2.45, 2.75) is 5.92 Å². The van der Waals surface area contributed by atoms with Crippen molar-refractivity contribution in [3.8, 4) is 0 Å². The molecule has 0 bridgehead atoms. The standard InChI is InChI=1S/C11H10ClN3O2/c12-7-1-2-15-8(3-7)9(11(16)17)14-10(15)6-4-13-5-6/h1-3,6,13H,4-5H2,(H,16,17). The minimum absolute atomic E-state index is 0.0643. The summed E-state index contributed by atoms with van der Waals surface area (Å²) in [6.45, 7) is 1.67. The Kier molecular flexibility index (Phi) is 2.31. The van der Waals surface area contributed by atoms with Crippen molar-refractivity contribution in [1.29, 1.82) is 0 Å². The van der Waals surface area contributed by atoms with Crippen molar-refractivity contribution >= 4 is 23.1 Å². The van der Waals surface area contributed by atoms with Crippen LogP contribution < -0.4 is 5.32 Å². The predicted octanol–water partition coefficient (Wildman–Crippen LogP) is 1.37. The first kappa shape index (κ1) is 10.6. The topological polar surface area (TPSA) is 66.6 Å². The van der Waals surface area contributed by atoms with Crippen molar-refractivity contribution in [2.24, 2.45) is 0 Å². The van der Waals surface area contributed by atoms with Crippen molar-refractivity contribution in [2.75, 3.05) is 13.1 Å². The van der Waals surface area contributed by atoms with Crippen LogP contribution in [0.1, 0.15) is 22.2 Å². The van der Waals surface area contributed by atoms with Gasteiger partial charge < -0.3 is 14.8 Å². The number of imidazole rings is 1. The smallest absolute Gasteiger partial charge is 0.356 e. The second kappa shape index (κ2) is 3.72. The first-order chi connectivity index (χ1) is 8.16. The molecular formula is C11H10ClN3O2. The number of nitrogens with zero attached hydrogens (tertiary/aromatic N) is 2. The van der Waals surface area contributed by atoms with E-state index in [9.17, 15) is 4.79 Å². The first-order valence-corrected chi connectivity index (χ1v) is 5.66. The molecule has 0 aliphatic carbocycles. The maximum Gasteiger partial charge on any atom is 0.356 e. The maximum absolute atomic E-state index is 11.1. The van der Waals surface area contributed by atoms with E-state index >= 15 is 0 Å². The van der Waals surface area contributed by atoms with Gasteiger partial charge in [0, 0.05) is 30.2 Å². The van der Waals surface area contributed by atoms with Gasteiger partial charge in [0.15, 0.2) is 5.69 Å². The van der Waals surface area contributed by atoms with Gasteiger partial charge in [-0.05, 0) is 12.1 Å². The molecule has 1 saturated heterocycles. The van der Waals surface area contributed by atoms with E-state index in [-0.39, 0.29) is 11.6 Å². The van der Waals surface area contributed by atoms with Crippen LogP contribution in [0.2, 0.25) is 5.02 Å². The van der Waals surface area contributed by atoms with Crippen molar-refractivity contribution in [3.05, 3.63) is 34.9 Å². The molecule has 0 radical (unpaired) electrons. The molecule has 2 aromatic rings. The summed E-state index contributed by atoms with van der Waals surface area (Å²) in [7, 11) is 0. The Hall–Kier alpha value is -1.59. The lowest BCUT2D eigenvalue weighted by Crippen LogP contribution is -2.40. The molecule has 2 N–H and O–H groups in total. The molecule has 0 aromatic carbocycles. The number of hydrogen-bond acceptors (Lipinski definition) is 3. The number of rotatable bonds is 2. The lowest BCUT2D eigenvalue weighted by molar-refractivity contribution is 0.0693. The Bertz CT molecular complexity index is 604. The number of pyridine rings is 1. The van der Waals surface area contributed by atoms with Crippen LogP contribution in [-0.4, -0.2) is 33.6 Å². The summed E-state index contributed by atoms with van der Waals surface area (Å²) < 4.78 is 1.81. The molecule has 1 fully saturated rings.